The van der Waals surface area contributed by atoms with Gasteiger partial charge in [0.1, 0.15) is 17.2 Å². The first-order chi connectivity index (χ1) is 12.2. The highest BCUT2D eigenvalue weighted by molar-refractivity contribution is 6.31. The molecular weight excluding hydrogens is 374 g/mol. The third-order valence-electron chi connectivity index (χ3n) is 3.10. The van der Waals surface area contributed by atoms with Gasteiger partial charge >= 0.3 is 18.0 Å². The smallest absolute Gasteiger partial charge is 0.408 e. The van der Waals surface area contributed by atoms with E-state index in [4.69, 9.17) is 21.1 Å². The molecule has 0 saturated carbocycles. The fourth-order valence-electron chi connectivity index (χ4n) is 2.05. The number of nitrogens with one attached hydrogen (secondary N) is 1. The summed E-state index contributed by atoms with van der Waals surface area (Å²) in [6.07, 6.45) is -0.904. The van der Waals surface area contributed by atoms with Crippen LogP contribution in [0.15, 0.2) is 18.2 Å². The molecule has 1 atom stereocenters. The number of hydrogen-bond donors (Lipinski definition) is 2. The summed E-state index contributed by atoms with van der Waals surface area (Å²) in [5.74, 6) is -1.76. The maximum Gasteiger partial charge on any atom is 0.408 e. The summed E-state index contributed by atoms with van der Waals surface area (Å²) in [6.45, 7) is 10.3. The van der Waals surface area contributed by atoms with Crippen LogP contribution >= 0.6 is 11.6 Å². The van der Waals surface area contributed by atoms with Crippen LogP contribution in [0.3, 0.4) is 0 Å². The normalized spacial score (nSPS) is 12.9. The van der Waals surface area contributed by atoms with Gasteiger partial charge in [0.15, 0.2) is 0 Å². The minimum Gasteiger partial charge on any atom is -0.480 e. The molecule has 27 heavy (non-hydrogen) atoms. The fourth-order valence-corrected chi connectivity index (χ4v) is 2.30. The van der Waals surface area contributed by atoms with Gasteiger partial charge in [-0.1, -0.05) is 17.7 Å². The van der Waals surface area contributed by atoms with E-state index in [9.17, 15) is 19.5 Å². The molecule has 0 unspecified atom stereocenters. The molecule has 0 bridgehead atoms. The third kappa shape index (κ3) is 8.30. The highest BCUT2D eigenvalue weighted by atomic mass is 35.5. The van der Waals surface area contributed by atoms with Gasteiger partial charge in [-0.05, 0) is 59.2 Å². The Kier molecular flexibility index (Phi) is 7.25. The minimum atomic E-state index is -1.23. The van der Waals surface area contributed by atoms with E-state index in [1.54, 1.807) is 41.5 Å². The number of carboxylic acid groups (broad SMARTS) is 1. The lowest BCUT2D eigenvalue weighted by Gasteiger charge is -2.22. The van der Waals surface area contributed by atoms with E-state index in [2.05, 4.69) is 5.32 Å². The maximum absolute atomic E-state index is 12.1. The molecule has 0 heterocycles. The van der Waals surface area contributed by atoms with Gasteiger partial charge in [0.2, 0.25) is 0 Å². The number of ether oxygens (including phenoxy) is 2. The largest absolute Gasteiger partial charge is 0.480 e. The second-order valence-electron chi connectivity index (χ2n) is 8.05. The number of aliphatic carboxylic acids is 1. The van der Waals surface area contributed by atoms with Gasteiger partial charge in [-0.3, -0.25) is 0 Å². The first-order valence-corrected chi connectivity index (χ1v) is 8.80. The number of alkyl carbamates (subject to hydrolysis) is 1. The van der Waals surface area contributed by atoms with Crippen molar-refractivity contribution in [2.24, 2.45) is 0 Å². The van der Waals surface area contributed by atoms with Crippen molar-refractivity contribution in [2.45, 2.75) is 65.2 Å². The van der Waals surface area contributed by atoms with E-state index in [1.165, 1.54) is 18.2 Å². The molecular formula is C19H26ClNO6. The Morgan fingerprint density at radius 2 is 1.63 bits per heavy atom. The van der Waals surface area contributed by atoms with Crippen molar-refractivity contribution in [3.63, 3.8) is 0 Å². The maximum atomic E-state index is 12.1. The van der Waals surface area contributed by atoms with Gasteiger partial charge in [-0.15, -0.1) is 0 Å². The fraction of sp³-hybridized carbons (Fsp3) is 0.526. The van der Waals surface area contributed by atoms with Crippen molar-refractivity contribution in [3.8, 4) is 0 Å². The van der Waals surface area contributed by atoms with E-state index >= 15 is 0 Å². The summed E-state index contributed by atoms with van der Waals surface area (Å²) < 4.78 is 10.3. The number of benzene rings is 1. The molecule has 0 spiro atoms. The molecule has 150 valence electrons. The zero-order chi connectivity index (χ0) is 21.0. The van der Waals surface area contributed by atoms with Crippen molar-refractivity contribution < 1.29 is 29.0 Å². The van der Waals surface area contributed by atoms with Crippen molar-refractivity contribution >= 4 is 29.6 Å². The number of halogens is 1. The standard InChI is InChI=1S/C19H26ClNO6/c1-18(2,3)26-16(24)12-8-7-11(13(20)9-12)10-14(15(22)23)21-17(25)27-19(4,5)6/h7-9,14H,10H2,1-6H3,(H,21,25)(H,22,23)/t14-/m0/s1. The Balaban J connectivity index is 2.90. The second-order valence-corrected chi connectivity index (χ2v) is 8.46. The molecule has 0 aliphatic heterocycles. The number of carboxylic acids is 1. The van der Waals surface area contributed by atoms with Crippen LogP contribution in [-0.4, -0.2) is 40.4 Å². The van der Waals surface area contributed by atoms with E-state index in [0.717, 1.165) is 0 Å². The molecule has 0 radical (unpaired) electrons. The number of hydrogen-bond acceptors (Lipinski definition) is 5. The Morgan fingerprint density at radius 1 is 1.07 bits per heavy atom. The van der Waals surface area contributed by atoms with Gasteiger partial charge < -0.3 is 19.9 Å². The summed E-state index contributed by atoms with van der Waals surface area (Å²) in [6, 6.07) is 3.22. The molecule has 1 rings (SSSR count). The van der Waals surface area contributed by atoms with Gasteiger partial charge in [0, 0.05) is 11.4 Å². The average molecular weight is 400 g/mol. The zero-order valence-electron chi connectivity index (χ0n) is 16.4. The van der Waals surface area contributed by atoms with Gasteiger partial charge in [0.25, 0.3) is 0 Å². The monoisotopic (exact) mass is 399 g/mol. The van der Waals surface area contributed by atoms with Crippen LogP contribution in [0.5, 0.6) is 0 Å². The predicted octanol–water partition coefficient (Wildman–Crippen LogP) is 3.82. The van der Waals surface area contributed by atoms with Crippen LogP contribution in [0, 0.1) is 0 Å². The van der Waals surface area contributed by atoms with Crippen LogP contribution in [0.4, 0.5) is 4.79 Å². The summed E-state index contributed by atoms with van der Waals surface area (Å²) >= 11 is 6.19. The van der Waals surface area contributed by atoms with Gasteiger partial charge in [-0.25, -0.2) is 14.4 Å². The van der Waals surface area contributed by atoms with Crippen molar-refractivity contribution in [1.82, 2.24) is 5.32 Å². The third-order valence-corrected chi connectivity index (χ3v) is 3.45. The van der Waals surface area contributed by atoms with E-state index in [0.29, 0.717) is 5.56 Å². The molecule has 1 amide bonds. The molecule has 1 aromatic rings. The Morgan fingerprint density at radius 3 is 2.07 bits per heavy atom. The number of rotatable bonds is 5. The average Bonchev–Trinajstić information content (AvgIpc) is 2.44. The number of amides is 1. The molecule has 0 aromatic heterocycles. The summed E-state index contributed by atoms with van der Waals surface area (Å²) in [5, 5.41) is 11.9. The van der Waals surface area contributed by atoms with Crippen molar-refractivity contribution in [2.75, 3.05) is 0 Å². The molecule has 2 N–H and O–H groups in total. The molecule has 0 saturated heterocycles. The highest BCUT2D eigenvalue weighted by Gasteiger charge is 2.25. The van der Waals surface area contributed by atoms with Crippen molar-refractivity contribution in [1.29, 1.82) is 0 Å². The van der Waals surface area contributed by atoms with Crippen molar-refractivity contribution in [3.05, 3.63) is 34.3 Å². The van der Waals surface area contributed by atoms with E-state index < -0.39 is 35.3 Å². The van der Waals surface area contributed by atoms with Gasteiger partial charge in [0.05, 0.1) is 5.56 Å². The Labute approximate surface area is 164 Å². The topological polar surface area (TPSA) is 102 Å². The molecule has 0 fully saturated rings. The molecule has 0 aliphatic rings. The molecule has 0 aliphatic carbocycles. The predicted molar refractivity (Wildman–Crippen MR) is 101 cm³/mol. The molecule has 7 nitrogen and oxygen atoms in total. The lowest BCUT2D eigenvalue weighted by atomic mass is 10.0. The molecule has 1 aromatic carbocycles. The number of carbonyl (C=O) groups is 3. The summed E-state index contributed by atoms with van der Waals surface area (Å²) in [4.78, 5) is 35.4. The lowest BCUT2D eigenvalue weighted by Crippen LogP contribution is -2.44. The summed E-state index contributed by atoms with van der Waals surface area (Å²) in [7, 11) is 0. The SMILES string of the molecule is CC(C)(C)OC(=O)N[C@@H](Cc1ccc(C(=O)OC(C)(C)C)cc1Cl)C(=O)O. The first-order valence-electron chi connectivity index (χ1n) is 8.42. The first kappa shape index (κ1) is 22.8. The van der Waals surface area contributed by atoms with Crippen LogP contribution in [-0.2, 0) is 20.7 Å². The zero-order valence-corrected chi connectivity index (χ0v) is 17.1. The quantitative estimate of drug-likeness (QED) is 0.730. The van der Waals surface area contributed by atoms with Crippen LogP contribution in [0.25, 0.3) is 0 Å². The lowest BCUT2D eigenvalue weighted by molar-refractivity contribution is -0.139. The summed E-state index contributed by atoms with van der Waals surface area (Å²) in [5.41, 5.74) is -0.675. The van der Waals surface area contributed by atoms with Gasteiger partial charge in [-0.2, -0.15) is 0 Å². The van der Waals surface area contributed by atoms with Crippen LogP contribution in [0.1, 0.15) is 57.5 Å². The Bertz CT molecular complexity index is 718. The number of esters is 1. The highest BCUT2D eigenvalue weighted by Crippen LogP contribution is 2.22. The van der Waals surface area contributed by atoms with Crippen LogP contribution in [0.2, 0.25) is 5.02 Å². The van der Waals surface area contributed by atoms with Crippen LogP contribution < -0.4 is 5.32 Å². The number of carbonyl (C=O) groups excluding carboxylic acids is 2. The Hall–Kier alpha value is -2.28. The minimum absolute atomic E-state index is 0.0675. The second kappa shape index (κ2) is 8.61. The molecule has 8 heteroatoms. The van der Waals surface area contributed by atoms with E-state index in [-0.39, 0.29) is 17.0 Å². The van der Waals surface area contributed by atoms with E-state index in [1.807, 2.05) is 0 Å².